The van der Waals surface area contributed by atoms with Crippen molar-refractivity contribution in [3.63, 3.8) is 0 Å². The molecule has 1 atom stereocenters. The molecule has 0 bridgehead atoms. The molecule has 1 heterocycles. The third-order valence-electron chi connectivity index (χ3n) is 3.47. The van der Waals surface area contributed by atoms with Crippen molar-refractivity contribution in [3.8, 4) is 0 Å². The van der Waals surface area contributed by atoms with Crippen molar-refractivity contribution >= 4 is 34.7 Å². The van der Waals surface area contributed by atoms with Gasteiger partial charge in [-0.1, -0.05) is 24.4 Å². The number of benzene rings is 1. The summed E-state index contributed by atoms with van der Waals surface area (Å²) >= 11 is 4.90. The zero-order chi connectivity index (χ0) is 15.4. The molecule has 1 aliphatic rings. The first-order chi connectivity index (χ1) is 9.97. The molecular formula is C14H18N4O2S. The van der Waals surface area contributed by atoms with E-state index in [2.05, 4.69) is 5.32 Å². The van der Waals surface area contributed by atoms with Crippen LogP contribution in [0.3, 0.4) is 0 Å². The summed E-state index contributed by atoms with van der Waals surface area (Å²) in [4.78, 5) is 25.4. The summed E-state index contributed by atoms with van der Waals surface area (Å²) in [5.74, 6) is -0.570. The Bertz CT molecular complexity index is 576. The third-order valence-corrected chi connectivity index (χ3v) is 3.71. The largest absolute Gasteiger partial charge is 0.389 e. The van der Waals surface area contributed by atoms with E-state index < -0.39 is 0 Å². The van der Waals surface area contributed by atoms with Crippen molar-refractivity contribution in [2.24, 2.45) is 11.5 Å². The molecule has 2 rings (SSSR count). The number of thiocarbonyl (C=S) groups is 1. The van der Waals surface area contributed by atoms with Gasteiger partial charge in [-0.2, -0.15) is 0 Å². The van der Waals surface area contributed by atoms with Crippen LogP contribution in [0, 0.1) is 0 Å². The Hall–Kier alpha value is -1.99. The van der Waals surface area contributed by atoms with Crippen LogP contribution in [0.25, 0.3) is 0 Å². The zero-order valence-electron chi connectivity index (χ0n) is 11.5. The quantitative estimate of drug-likeness (QED) is 0.675. The fraction of sp³-hybridized carbons (Fsp3) is 0.357. The predicted octanol–water partition coefficient (Wildman–Crippen LogP) is 0.209. The fourth-order valence-electron chi connectivity index (χ4n) is 2.47. The smallest absolute Gasteiger partial charge is 0.238 e. The molecule has 1 fully saturated rings. The maximum Gasteiger partial charge on any atom is 0.238 e. The van der Waals surface area contributed by atoms with Gasteiger partial charge in [0, 0.05) is 11.3 Å². The lowest BCUT2D eigenvalue weighted by Gasteiger charge is -2.21. The molecule has 0 saturated carbocycles. The Morgan fingerprint density at radius 1 is 1.38 bits per heavy atom. The maximum absolute atomic E-state index is 12.0. The van der Waals surface area contributed by atoms with Gasteiger partial charge in [-0.05, 0) is 31.5 Å². The molecule has 1 aromatic carbocycles. The van der Waals surface area contributed by atoms with Crippen LogP contribution >= 0.6 is 12.2 Å². The van der Waals surface area contributed by atoms with Crippen LogP contribution in [-0.4, -0.2) is 40.8 Å². The summed E-state index contributed by atoms with van der Waals surface area (Å²) in [6.07, 6.45) is 1.58. The molecule has 7 heteroatoms. The number of carbonyl (C=O) groups excluding carboxylic acids is 2. The fourth-order valence-corrected chi connectivity index (χ4v) is 2.60. The second-order valence-electron chi connectivity index (χ2n) is 5.02. The topological polar surface area (TPSA) is 101 Å². The van der Waals surface area contributed by atoms with E-state index in [0.29, 0.717) is 24.2 Å². The molecule has 0 aromatic heterocycles. The van der Waals surface area contributed by atoms with Crippen molar-refractivity contribution in [1.82, 2.24) is 4.90 Å². The zero-order valence-corrected chi connectivity index (χ0v) is 12.4. The molecular weight excluding hydrogens is 288 g/mol. The van der Waals surface area contributed by atoms with E-state index in [9.17, 15) is 9.59 Å². The van der Waals surface area contributed by atoms with Gasteiger partial charge in [0.2, 0.25) is 11.8 Å². The summed E-state index contributed by atoms with van der Waals surface area (Å²) in [5, 5.41) is 2.78. The number of carbonyl (C=O) groups is 2. The van der Waals surface area contributed by atoms with Crippen LogP contribution in [0.1, 0.15) is 18.4 Å². The Kier molecular flexibility index (Phi) is 4.87. The minimum Gasteiger partial charge on any atom is -0.389 e. The van der Waals surface area contributed by atoms with Crippen LogP contribution in [0.15, 0.2) is 24.3 Å². The van der Waals surface area contributed by atoms with Crippen LogP contribution in [0.4, 0.5) is 5.69 Å². The minimum atomic E-state index is -0.379. The number of nitrogens with two attached hydrogens (primary N) is 2. The monoisotopic (exact) mass is 306 g/mol. The van der Waals surface area contributed by atoms with E-state index in [1.165, 1.54) is 0 Å². The standard InChI is InChI=1S/C14H18N4O2S/c15-13(20)11-5-2-6-18(11)8-12(19)17-10-4-1-3-9(7-10)14(16)21/h1,3-4,7,11H,2,5-6,8H2,(H2,15,20)(H2,16,21)(H,17,19). The van der Waals surface area contributed by atoms with Gasteiger partial charge < -0.3 is 16.8 Å². The lowest BCUT2D eigenvalue weighted by Crippen LogP contribution is -2.43. The first kappa shape index (κ1) is 15.4. The van der Waals surface area contributed by atoms with E-state index >= 15 is 0 Å². The molecule has 1 saturated heterocycles. The van der Waals surface area contributed by atoms with E-state index in [1.54, 1.807) is 29.2 Å². The van der Waals surface area contributed by atoms with Gasteiger partial charge >= 0.3 is 0 Å². The highest BCUT2D eigenvalue weighted by Gasteiger charge is 2.30. The molecule has 1 aromatic rings. The van der Waals surface area contributed by atoms with Crippen LogP contribution in [0.5, 0.6) is 0 Å². The van der Waals surface area contributed by atoms with Crippen molar-refractivity contribution in [3.05, 3.63) is 29.8 Å². The molecule has 6 nitrogen and oxygen atoms in total. The lowest BCUT2D eigenvalue weighted by molar-refractivity contribution is -0.123. The molecule has 0 radical (unpaired) electrons. The lowest BCUT2D eigenvalue weighted by atomic mass is 10.2. The van der Waals surface area contributed by atoms with Gasteiger partial charge in [0.25, 0.3) is 0 Å². The first-order valence-electron chi connectivity index (χ1n) is 6.70. The third kappa shape index (κ3) is 3.99. The normalized spacial score (nSPS) is 18.4. The molecule has 0 spiro atoms. The Morgan fingerprint density at radius 2 is 2.14 bits per heavy atom. The summed E-state index contributed by atoms with van der Waals surface area (Å²) in [6, 6.07) is 6.68. The highest BCUT2D eigenvalue weighted by molar-refractivity contribution is 7.80. The van der Waals surface area contributed by atoms with Crippen LogP contribution in [-0.2, 0) is 9.59 Å². The number of likely N-dealkylation sites (tertiary alicyclic amines) is 1. The number of rotatable bonds is 5. The number of amides is 2. The van der Waals surface area contributed by atoms with E-state index in [1.807, 2.05) is 0 Å². The van der Waals surface area contributed by atoms with E-state index in [-0.39, 0.29) is 29.4 Å². The maximum atomic E-state index is 12.0. The molecule has 21 heavy (non-hydrogen) atoms. The number of hydrogen-bond acceptors (Lipinski definition) is 4. The molecule has 112 valence electrons. The second-order valence-corrected chi connectivity index (χ2v) is 5.46. The van der Waals surface area contributed by atoms with Gasteiger partial charge in [0.15, 0.2) is 0 Å². The van der Waals surface area contributed by atoms with Gasteiger partial charge in [-0.25, -0.2) is 0 Å². The number of anilines is 1. The van der Waals surface area contributed by atoms with Crippen molar-refractivity contribution in [1.29, 1.82) is 0 Å². The number of primary amides is 1. The number of nitrogens with one attached hydrogen (secondary N) is 1. The molecule has 0 aliphatic carbocycles. The van der Waals surface area contributed by atoms with E-state index in [0.717, 1.165) is 6.42 Å². The summed E-state index contributed by atoms with van der Waals surface area (Å²) in [6.45, 7) is 0.846. The van der Waals surface area contributed by atoms with Crippen molar-refractivity contribution in [2.45, 2.75) is 18.9 Å². The average Bonchev–Trinajstić information content (AvgIpc) is 2.87. The van der Waals surface area contributed by atoms with Crippen molar-refractivity contribution in [2.75, 3.05) is 18.4 Å². The molecule has 1 unspecified atom stereocenters. The number of nitrogens with zero attached hydrogens (tertiary/aromatic N) is 1. The highest BCUT2D eigenvalue weighted by atomic mass is 32.1. The average molecular weight is 306 g/mol. The Morgan fingerprint density at radius 3 is 2.81 bits per heavy atom. The van der Waals surface area contributed by atoms with Crippen LogP contribution in [0.2, 0.25) is 0 Å². The SMILES string of the molecule is NC(=O)C1CCCN1CC(=O)Nc1cccc(C(N)=S)c1. The van der Waals surface area contributed by atoms with Gasteiger partial charge in [0.1, 0.15) is 4.99 Å². The van der Waals surface area contributed by atoms with Gasteiger partial charge in [0.05, 0.1) is 12.6 Å². The highest BCUT2D eigenvalue weighted by Crippen LogP contribution is 2.17. The summed E-state index contributed by atoms with van der Waals surface area (Å²) < 4.78 is 0. The Labute approximate surface area is 128 Å². The predicted molar refractivity (Wildman–Crippen MR) is 84.7 cm³/mol. The molecule has 1 aliphatic heterocycles. The summed E-state index contributed by atoms with van der Waals surface area (Å²) in [5.41, 5.74) is 12.2. The summed E-state index contributed by atoms with van der Waals surface area (Å²) in [7, 11) is 0. The van der Waals surface area contributed by atoms with Gasteiger partial charge in [-0.3, -0.25) is 14.5 Å². The van der Waals surface area contributed by atoms with Crippen molar-refractivity contribution < 1.29 is 9.59 Å². The molecule has 5 N–H and O–H groups in total. The van der Waals surface area contributed by atoms with E-state index in [4.69, 9.17) is 23.7 Å². The first-order valence-corrected chi connectivity index (χ1v) is 7.11. The molecule has 2 amide bonds. The number of hydrogen-bond donors (Lipinski definition) is 3. The Balaban J connectivity index is 1.97. The van der Waals surface area contributed by atoms with Gasteiger partial charge in [-0.15, -0.1) is 0 Å². The van der Waals surface area contributed by atoms with Crippen LogP contribution < -0.4 is 16.8 Å². The minimum absolute atomic E-state index is 0.144. The second kappa shape index (κ2) is 6.64.